The highest BCUT2D eigenvalue weighted by atomic mass is 35.5. The van der Waals surface area contributed by atoms with Crippen LogP contribution in [0.1, 0.15) is 61.3 Å². The Morgan fingerprint density at radius 2 is 1.60 bits per heavy atom. The number of aromatic hydroxyl groups is 1. The molecular weight excluding hydrogens is 688 g/mol. The number of carbonyl (C=O) groups excluding carboxylic acids is 2. The van der Waals surface area contributed by atoms with Crippen molar-refractivity contribution < 1.29 is 51.3 Å². The molecule has 5 rings (SSSR count). The van der Waals surface area contributed by atoms with Crippen molar-refractivity contribution in [1.82, 2.24) is 0 Å². The number of benzene rings is 3. The van der Waals surface area contributed by atoms with Gasteiger partial charge in [-0.1, -0.05) is 60.9 Å². The molecule has 1 aliphatic carbocycles. The molecule has 50 heavy (non-hydrogen) atoms. The summed E-state index contributed by atoms with van der Waals surface area (Å²) in [5.74, 6) is -5.61. The maximum Gasteiger partial charge on any atom is 0.416 e. The lowest BCUT2D eigenvalue weighted by Gasteiger charge is -2.36. The molecule has 4 atom stereocenters. The molecule has 3 aromatic carbocycles. The SMILES string of the molecule is CCCC1=C([C@H](O)CC/C(=C/c2ccc(O)cc2Cl)c2ccccc2)[C@H](CO)[C@@H]2C(=O)N(c3cc(C(F)(F)F)cc(C(F)(F)F)c3)C(=O)[C@@H]2C1. The van der Waals surface area contributed by atoms with Crippen molar-refractivity contribution >= 4 is 40.8 Å². The normalized spacial score (nSPS) is 20.8. The zero-order valence-electron chi connectivity index (χ0n) is 26.7. The first kappa shape index (κ1) is 37.1. The summed E-state index contributed by atoms with van der Waals surface area (Å²) < 4.78 is 81.9. The van der Waals surface area contributed by atoms with Crippen molar-refractivity contribution in [1.29, 1.82) is 0 Å². The number of fused-ring (bicyclic) bond motifs is 1. The number of aliphatic hydroxyl groups is 2. The minimum atomic E-state index is -5.20. The maximum absolute atomic E-state index is 13.9. The predicted octanol–water partition coefficient (Wildman–Crippen LogP) is 8.68. The lowest BCUT2D eigenvalue weighted by Crippen LogP contribution is -2.39. The van der Waals surface area contributed by atoms with Crippen molar-refractivity contribution in [3.05, 3.63) is 105 Å². The van der Waals surface area contributed by atoms with E-state index in [1.54, 1.807) is 6.07 Å². The Labute approximate surface area is 289 Å². The van der Waals surface area contributed by atoms with Crippen LogP contribution < -0.4 is 4.90 Å². The lowest BCUT2D eigenvalue weighted by atomic mass is 9.67. The van der Waals surface area contributed by atoms with Crippen molar-refractivity contribution in [2.45, 2.75) is 57.5 Å². The number of phenolic OH excluding ortho intramolecular Hbond substituents is 1. The molecular formula is C37H34ClF6NO5. The van der Waals surface area contributed by atoms with Crippen LogP contribution in [0.5, 0.6) is 5.75 Å². The number of phenols is 1. The quantitative estimate of drug-likeness (QED) is 0.0843. The van der Waals surface area contributed by atoms with Crippen molar-refractivity contribution in [2.75, 3.05) is 11.5 Å². The van der Waals surface area contributed by atoms with Gasteiger partial charge in [0.2, 0.25) is 11.8 Å². The average Bonchev–Trinajstić information content (AvgIpc) is 3.31. The summed E-state index contributed by atoms with van der Waals surface area (Å²) in [5.41, 5.74) is -1.06. The van der Waals surface area contributed by atoms with E-state index in [1.807, 2.05) is 43.3 Å². The Morgan fingerprint density at radius 3 is 2.16 bits per heavy atom. The van der Waals surface area contributed by atoms with Gasteiger partial charge in [-0.15, -0.1) is 0 Å². The molecule has 0 aromatic heterocycles. The smallest absolute Gasteiger partial charge is 0.416 e. The molecule has 3 N–H and O–H groups in total. The fourth-order valence-corrected chi connectivity index (χ4v) is 7.27. The number of rotatable bonds is 10. The first-order valence-corrected chi connectivity index (χ1v) is 16.3. The molecule has 2 aliphatic rings. The van der Waals surface area contributed by atoms with Crippen LogP contribution >= 0.6 is 11.6 Å². The number of halogens is 7. The highest BCUT2D eigenvalue weighted by molar-refractivity contribution is 6.32. The average molecular weight is 722 g/mol. The van der Waals surface area contributed by atoms with Crippen LogP contribution in [0, 0.1) is 17.8 Å². The van der Waals surface area contributed by atoms with E-state index in [9.17, 15) is 51.3 Å². The molecule has 1 heterocycles. The van der Waals surface area contributed by atoms with Crippen LogP contribution in [0.25, 0.3) is 11.6 Å². The summed E-state index contributed by atoms with van der Waals surface area (Å²) in [7, 11) is 0. The minimum absolute atomic E-state index is 0.0165. The van der Waals surface area contributed by atoms with E-state index in [2.05, 4.69) is 0 Å². The Kier molecular flexibility index (Phi) is 10.9. The van der Waals surface area contributed by atoms with Gasteiger partial charge < -0.3 is 15.3 Å². The number of nitrogens with zero attached hydrogens (tertiary/aromatic N) is 1. The summed E-state index contributed by atoms with van der Waals surface area (Å²) >= 11 is 6.37. The molecule has 3 aromatic rings. The van der Waals surface area contributed by atoms with Gasteiger partial charge in [-0.05, 0) is 90.4 Å². The molecule has 0 spiro atoms. The van der Waals surface area contributed by atoms with E-state index < -0.39 is 71.4 Å². The van der Waals surface area contributed by atoms with Crippen LogP contribution in [0.15, 0.2) is 77.9 Å². The van der Waals surface area contributed by atoms with Gasteiger partial charge in [0, 0.05) is 5.92 Å². The topological polar surface area (TPSA) is 98.1 Å². The number of allylic oxidation sites excluding steroid dienone is 2. The Balaban J connectivity index is 1.49. The van der Waals surface area contributed by atoms with E-state index in [4.69, 9.17) is 11.6 Å². The standard InChI is InChI=1S/C37H34ClF6NO5/c1-2-6-23-14-28-33(35(50)45(34(28)49)26-16-24(36(39,40)41)15-25(17-26)37(42,43)44)29(19-46)32(23)31(48)12-10-21(20-7-4-3-5-8-20)13-22-9-11-27(47)18-30(22)38/h3-5,7-9,11,13,15-18,28-29,31,33,46-48H,2,6,10,12,14,19H2,1H3/b21-13-/t28-,29+,31-,33-/m1/s1. The first-order valence-electron chi connectivity index (χ1n) is 16.0. The minimum Gasteiger partial charge on any atom is -0.508 e. The van der Waals surface area contributed by atoms with Crippen LogP contribution in [0.4, 0.5) is 32.0 Å². The Morgan fingerprint density at radius 1 is 0.960 bits per heavy atom. The molecule has 1 aliphatic heterocycles. The summed E-state index contributed by atoms with van der Waals surface area (Å²) in [4.78, 5) is 27.9. The van der Waals surface area contributed by atoms with E-state index >= 15 is 0 Å². The van der Waals surface area contributed by atoms with Crippen LogP contribution in [-0.2, 0) is 21.9 Å². The van der Waals surface area contributed by atoms with Crippen molar-refractivity contribution in [2.24, 2.45) is 17.8 Å². The fourth-order valence-electron chi connectivity index (χ4n) is 7.04. The van der Waals surface area contributed by atoms with Gasteiger partial charge in [0.1, 0.15) is 5.75 Å². The van der Waals surface area contributed by atoms with Crippen molar-refractivity contribution in [3.63, 3.8) is 0 Å². The van der Waals surface area contributed by atoms with Crippen LogP contribution in [-0.4, -0.2) is 39.8 Å². The third-order valence-electron chi connectivity index (χ3n) is 9.27. The number of hydrogen-bond donors (Lipinski definition) is 3. The summed E-state index contributed by atoms with van der Waals surface area (Å²) in [6.45, 7) is 1.15. The monoisotopic (exact) mass is 721 g/mol. The fraction of sp³-hybridized carbons (Fsp3) is 0.351. The van der Waals surface area contributed by atoms with Gasteiger partial charge in [-0.2, -0.15) is 26.3 Å². The third kappa shape index (κ3) is 7.62. The predicted molar refractivity (Wildman–Crippen MR) is 176 cm³/mol. The number of hydrogen-bond acceptors (Lipinski definition) is 5. The van der Waals surface area contributed by atoms with Gasteiger partial charge in [0.15, 0.2) is 0 Å². The van der Waals surface area contributed by atoms with E-state index in [0.717, 1.165) is 11.1 Å². The van der Waals surface area contributed by atoms with Gasteiger partial charge in [0.25, 0.3) is 0 Å². The molecule has 1 fully saturated rings. The highest BCUT2D eigenvalue weighted by Gasteiger charge is 2.55. The van der Waals surface area contributed by atoms with E-state index in [1.165, 1.54) is 12.1 Å². The van der Waals surface area contributed by atoms with Gasteiger partial charge in [0.05, 0.1) is 46.4 Å². The molecule has 13 heteroatoms. The lowest BCUT2D eigenvalue weighted by molar-refractivity contribution is -0.143. The summed E-state index contributed by atoms with van der Waals surface area (Å²) in [6.07, 6.45) is -8.55. The van der Waals surface area contributed by atoms with Crippen molar-refractivity contribution in [3.8, 4) is 5.75 Å². The Hall–Kier alpha value is -4.13. The zero-order valence-corrected chi connectivity index (χ0v) is 27.5. The molecule has 6 nitrogen and oxygen atoms in total. The van der Waals surface area contributed by atoms with E-state index in [0.29, 0.717) is 51.6 Å². The molecule has 0 radical (unpaired) electrons. The number of amides is 2. The van der Waals surface area contributed by atoms with Gasteiger partial charge >= 0.3 is 12.4 Å². The number of aliphatic hydroxyl groups excluding tert-OH is 2. The second-order valence-corrected chi connectivity index (χ2v) is 12.9. The Bertz CT molecular complexity index is 1790. The first-order chi connectivity index (χ1) is 23.5. The molecule has 266 valence electrons. The maximum atomic E-state index is 13.9. The van der Waals surface area contributed by atoms with Crippen LogP contribution in [0.2, 0.25) is 5.02 Å². The molecule has 1 saturated heterocycles. The molecule has 0 bridgehead atoms. The van der Waals surface area contributed by atoms with Crippen LogP contribution in [0.3, 0.4) is 0 Å². The highest BCUT2D eigenvalue weighted by Crippen LogP contribution is 2.49. The third-order valence-corrected chi connectivity index (χ3v) is 9.60. The van der Waals surface area contributed by atoms with Gasteiger partial charge in [-0.3, -0.25) is 9.59 Å². The second kappa shape index (κ2) is 14.6. The number of anilines is 1. The number of alkyl halides is 6. The zero-order chi connectivity index (χ0) is 36.5. The second-order valence-electron chi connectivity index (χ2n) is 12.5. The van der Waals surface area contributed by atoms with Gasteiger partial charge in [-0.25, -0.2) is 4.90 Å². The number of imide groups is 1. The van der Waals surface area contributed by atoms with E-state index in [-0.39, 0.29) is 31.1 Å². The molecule has 0 unspecified atom stereocenters. The number of carbonyl (C=O) groups is 2. The largest absolute Gasteiger partial charge is 0.508 e. The molecule has 2 amide bonds. The summed E-state index contributed by atoms with van der Waals surface area (Å²) in [6, 6.07) is 14.3. The molecule has 0 saturated carbocycles. The summed E-state index contributed by atoms with van der Waals surface area (Å²) in [5, 5.41) is 32.4.